The van der Waals surface area contributed by atoms with Crippen molar-refractivity contribution < 1.29 is 28.0 Å². The van der Waals surface area contributed by atoms with Crippen molar-refractivity contribution in [1.29, 1.82) is 0 Å². The summed E-state index contributed by atoms with van der Waals surface area (Å²) in [5.74, 6) is 1.73. The van der Waals surface area contributed by atoms with Gasteiger partial charge in [-0.25, -0.2) is 0 Å². The molecular formula is C24H23N3O6. The van der Waals surface area contributed by atoms with Gasteiger partial charge in [-0.2, -0.15) is 0 Å². The molecule has 0 fully saturated rings. The molecule has 4 aromatic rings. The van der Waals surface area contributed by atoms with Crippen LogP contribution in [0, 0.1) is 6.92 Å². The smallest absolute Gasteiger partial charge is 0.303 e. The van der Waals surface area contributed by atoms with Crippen LogP contribution in [0.1, 0.15) is 52.0 Å². The molecule has 0 saturated carbocycles. The fourth-order valence-corrected chi connectivity index (χ4v) is 4.32. The zero-order valence-electron chi connectivity index (χ0n) is 18.5. The summed E-state index contributed by atoms with van der Waals surface area (Å²) in [6.45, 7) is 3.58. The van der Waals surface area contributed by atoms with Crippen molar-refractivity contribution >= 4 is 22.8 Å². The highest BCUT2D eigenvalue weighted by atomic mass is 16.5. The minimum absolute atomic E-state index is 0.0231. The number of esters is 1. The first-order valence-corrected chi connectivity index (χ1v) is 10.6. The summed E-state index contributed by atoms with van der Waals surface area (Å²) < 4.78 is 21.6. The normalized spacial score (nSPS) is 15.5. The zero-order valence-corrected chi connectivity index (χ0v) is 18.5. The zero-order chi connectivity index (χ0) is 23.1. The topological polar surface area (TPSA) is 111 Å². The minimum Gasteiger partial charge on any atom is -0.497 e. The average Bonchev–Trinajstić information content (AvgIpc) is 3.54. The predicted molar refractivity (Wildman–Crippen MR) is 117 cm³/mol. The molecule has 1 aromatic carbocycles. The van der Waals surface area contributed by atoms with Crippen LogP contribution in [0.3, 0.4) is 0 Å². The van der Waals surface area contributed by atoms with E-state index in [2.05, 4.69) is 10.1 Å². The highest BCUT2D eigenvalue weighted by molar-refractivity contribution is 5.94. The van der Waals surface area contributed by atoms with E-state index in [9.17, 15) is 9.59 Å². The molecule has 1 amide bonds. The van der Waals surface area contributed by atoms with Crippen LogP contribution in [-0.4, -0.2) is 40.6 Å². The van der Waals surface area contributed by atoms with Crippen molar-refractivity contribution in [2.75, 3.05) is 13.7 Å². The van der Waals surface area contributed by atoms with Crippen LogP contribution in [0.5, 0.6) is 5.75 Å². The lowest BCUT2D eigenvalue weighted by atomic mass is 9.95. The Morgan fingerprint density at radius 3 is 2.82 bits per heavy atom. The third-order valence-electron chi connectivity index (χ3n) is 5.81. The first-order chi connectivity index (χ1) is 15.9. The van der Waals surface area contributed by atoms with Gasteiger partial charge in [0, 0.05) is 30.4 Å². The largest absolute Gasteiger partial charge is 0.497 e. The number of methoxy groups -OCH3 is 1. The third kappa shape index (κ3) is 3.75. The number of aryl methyl sites for hydroxylation is 1. The van der Waals surface area contributed by atoms with Gasteiger partial charge in [-0.1, -0.05) is 5.16 Å². The van der Waals surface area contributed by atoms with Gasteiger partial charge in [0.05, 0.1) is 12.8 Å². The number of hydrogen-bond acceptors (Lipinski definition) is 7. The Hall–Kier alpha value is -4.01. The second kappa shape index (κ2) is 8.16. The van der Waals surface area contributed by atoms with Crippen molar-refractivity contribution in [2.45, 2.75) is 32.9 Å². The molecule has 170 valence electrons. The van der Waals surface area contributed by atoms with Crippen LogP contribution >= 0.6 is 0 Å². The number of H-pyrrole nitrogens is 1. The van der Waals surface area contributed by atoms with Gasteiger partial charge >= 0.3 is 5.97 Å². The van der Waals surface area contributed by atoms with Crippen molar-refractivity contribution in [3.8, 4) is 5.75 Å². The molecular weight excluding hydrogens is 426 g/mol. The van der Waals surface area contributed by atoms with Gasteiger partial charge in [0.2, 0.25) is 0 Å². The lowest BCUT2D eigenvalue weighted by Crippen LogP contribution is -2.40. The van der Waals surface area contributed by atoms with Gasteiger partial charge < -0.3 is 28.3 Å². The molecule has 33 heavy (non-hydrogen) atoms. The van der Waals surface area contributed by atoms with Crippen LogP contribution in [0.15, 0.2) is 45.3 Å². The summed E-state index contributed by atoms with van der Waals surface area (Å²) in [5, 5.41) is 4.96. The average molecular weight is 449 g/mol. The van der Waals surface area contributed by atoms with Crippen LogP contribution < -0.4 is 4.74 Å². The first-order valence-electron chi connectivity index (χ1n) is 10.6. The second-order valence-corrected chi connectivity index (χ2v) is 7.99. The minimum atomic E-state index is -0.511. The standard InChI is InChI=1S/C24H23N3O6/c1-13-10-20(26-33-13)24(29)27-9-8-17-18-11-15(30-3)4-6-19(18)25-22(17)23(27)21-7-5-16(32-21)12-31-14(2)28/h4-7,10-11,23,25H,8-9,12H2,1-3H3. The molecule has 0 bridgehead atoms. The molecule has 0 spiro atoms. The Balaban J connectivity index is 1.60. The number of carbonyl (C=O) groups excluding carboxylic acids is 2. The van der Waals surface area contributed by atoms with E-state index in [1.807, 2.05) is 18.2 Å². The number of furan rings is 1. The lowest BCUT2D eigenvalue weighted by molar-refractivity contribution is -0.142. The Kier molecular flexibility index (Phi) is 5.16. The highest BCUT2D eigenvalue weighted by Gasteiger charge is 2.38. The molecule has 4 heterocycles. The number of nitrogens with zero attached hydrogens (tertiary/aromatic N) is 2. The summed E-state index contributed by atoms with van der Waals surface area (Å²) >= 11 is 0. The van der Waals surface area contributed by atoms with Crippen LogP contribution in [0.2, 0.25) is 0 Å². The maximum Gasteiger partial charge on any atom is 0.303 e. The fourth-order valence-electron chi connectivity index (χ4n) is 4.32. The van der Waals surface area contributed by atoms with Crippen molar-refractivity contribution in [2.24, 2.45) is 0 Å². The maximum atomic E-state index is 13.4. The predicted octanol–water partition coefficient (Wildman–Crippen LogP) is 3.92. The number of ether oxygens (including phenoxy) is 2. The van der Waals surface area contributed by atoms with E-state index in [-0.39, 0.29) is 18.2 Å². The molecule has 3 aromatic heterocycles. The molecule has 0 saturated heterocycles. The molecule has 1 aliphatic heterocycles. The van der Waals surface area contributed by atoms with Gasteiger partial charge in [-0.3, -0.25) is 9.59 Å². The van der Waals surface area contributed by atoms with E-state index < -0.39 is 12.0 Å². The Labute approximate surface area is 189 Å². The van der Waals surface area contributed by atoms with E-state index in [4.69, 9.17) is 18.4 Å². The molecule has 1 atom stereocenters. The quantitative estimate of drug-likeness (QED) is 0.460. The second-order valence-electron chi connectivity index (χ2n) is 7.99. The molecule has 0 radical (unpaired) electrons. The number of hydrogen-bond donors (Lipinski definition) is 1. The Morgan fingerprint density at radius 1 is 1.24 bits per heavy atom. The number of benzene rings is 1. The number of rotatable bonds is 5. The number of nitrogens with one attached hydrogen (secondary N) is 1. The van der Waals surface area contributed by atoms with Crippen LogP contribution in [0.25, 0.3) is 10.9 Å². The van der Waals surface area contributed by atoms with Gasteiger partial charge in [-0.05, 0) is 49.2 Å². The highest BCUT2D eigenvalue weighted by Crippen LogP contribution is 2.40. The van der Waals surface area contributed by atoms with E-state index in [0.29, 0.717) is 30.2 Å². The molecule has 9 nitrogen and oxygen atoms in total. The van der Waals surface area contributed by atoms with Gasteiger partial charge in [0.25, 0.3) is 5.91 Å². The lowest BCUT2D eigenvalue weighted by Gasteiger charge is -2.34. The summed E-state index contributed by atoms with van der Waals surface area (Å²) in [7, 11) is 1.64. The van der Waals surface area contributed by atoms with E-state index in [1.165, 1.54) is 6.92 Å². The molecule has 0 aliphatic carbocycles. The van der Waals surface area contributed by atoms with Gasteiger partial charge in [0.1, 0.15) is 35.7 Å². The maximum absolute atomic E-state index is 13.4. The van der Waals surface area contributed by atoms with E-state index >= 15 is 0 Å². The van der Waals surface area contributed by atoms with Crippen LogP contribution in [-0.2, 0) is 22.6 Å². The number of carbonyl (C=O) groups is 2. The van der Waals surface area contributed by atoms with E-state index in [0.717, 1.165) is 27.9 Å². The van der Waals surface area contributed by atoms with Crippen molar-refractivity contribution in [3.05, 3.63) is 70.6 Å². The number of fused-ring (bicyclic) bond motifs is 3. The molecule has 1 unspecified atom stereocenters. The number of aromatic amines is 1. The fraction of sp³-hybridized carbons (Fsp3) is 0.292. The Morgan fingerprint density at radius 2 is 2.09 bits per heavy atom. The van der Waals surface area contributed by atoms with Crippen LogP contribution in [0.4, 0.5) is 0 Å². The summed E-state index contributed by atoms with van der Waals surface area (Å²) in [4.78, 5) is 29.8. The summed E-state index contributed by atoms with van der Waals surface area (Å²) in [6, 6.07) is 10.5. The SMILES string of the molecule is COc1ccc2[nH]c3c(c2c1)CCN(C(=O)c1cc(C)on1)C3c1ccc(COC(C)=O)o1. The Bertz CT molecular complexity index is 1350. The number of amides is 1. The van der Waals surface area contributed by atoms with Crippen molar-refractivity contribution in [1.82, 2.24) is 15.0 Å². The molecule has 1 aliphatic rings. The summed E-state index contributed by atoms with van der Waals surface area (Å²) in [6.07, 6.45) is 0.655. The number of aromatic nitrogens is 2. The van der Waals surface area contributed by atoms with Gasteiger partial charge in [0.15, 0.2) is 5.69 Å². The molecule has 1 N–H and O–H groups in total. The van der Waals surface area contributed by atoms with E-state index in [1.54, 1.807) is 37.1 Å². The van der Waals surface area contributed by atoms with Gasteiger partial charge in [-0.15, -0.1) is 0 Å². The summed E-state index contributed by atoms with van der Waals surface area (Å²) in [5.41, 5.74) is 3.16. The third-order valence-corrected chi connectivity index (χ3v) is 5.81. The first kappa shape index (κ1) is 20.9. The molecule has 5 rings (SSSR count). The monoisotopic (exact) mass is 449 g/mol. The molecule has 9 heteroatoms. The van der Waals surface area contributed by atoms with Crippen molar-refractivity contribution in [3.63, 3.8) is 0 Å².